The molecule has 1 aromatic rings. The summed E-state index contributed by atoms with van der Waals surface area (Å²) < 4.78 is 26.2. The summed E-state index contributed by atoms with van der Waals surface area (Å²) in [6, 6.07) is 7.23. The third-order valence-corrected chi connectivity index (χ3v) is 5.73. The van der Waals surface area contributed by atoms with Crippen molar-refractivity contribution in [3.63, 3.8) is 0 Å². The predicted molar refractivity (Wildman–Crippen MR) is 64.9 cm³/mol. The largest absolute Gasteiger partial charge is 0.327 e. The first kappa shape index (κ1) is 11.2. The van der Waals surface area contributed by atoms with Crippen LogP contribution in [0.15, 0.2) is 29.2 Å². The molecule has 0 aromatic heterocycles. The van der Waals surface area contributed by atoms with E-state index in [-0.39, 0.29) is 6.04 Å². The van der Waals surface area contributed by atoms with E-state index in [1.165, 1.54) is 0 Å². The Morgan fingerprint density at radius 2 is 1.71 bits per heavy atom. The number of nitrogens with zero attached hydrogens (tertiary/aromatic N) is 1. The number of rotatable bonds is 2. The average Bonchev–Trinajstić information content (AvgIpc) is 2.76. The van der Waals surface area contributed by atoms with E-state index in [0.717, 1.165) is 5.56 Å². The minimum absolute atomic E-state index is 0.222. The van der Waals surface area contributed by atoms with E-state index in [1.807, 2.05) is 19.1 Å². The Labute approximate surface area is 101 Å². The normalized spacial score (nSPS) is 32.5. The molecule has 1 heterocycles. The zero-order valence-corrected chi connectivity index (χ0v) is 10.5. The highest BCUT2D eigenvalue weighted by atomic mass is 32.2. The van der Waals surface area contributed by atoms with Gasteiger partial charge in [0.2, 0.25) is 10.0 Å². The Morgan fingerprint density at radius 1 is 1.18 bits per heavy atom. The highest BCUT2D eigenvalue weighted by Gasteiger charge is 2.56. The lowest BCUT2D eigenvalue weighted by atomic mass is 10.2. The van der Waals surface area contributed by atoms with Gasteiger partial charge in [0.25, 0.3) is 0 Å². The van der Waals surface area contributed by atoms with Gasteiger partial charge in [-0.2, -0.15) is 4.31 Å². The molecule has 1 saturated heterocycles. The first-order valence-electron chi connectivity index (χ1n) is 5.82. The topological polar surface area (TPSA) is 63.4 Å². The molecule has 0 amide bonds. The minimum Gasteiger partial charge on any atom is -0.327 e. The fraction of sp³-hybridized carbons (Fsp3) is 0.500. The smallest absolute Gasteiger partial charge is 0.243 e. The van der Waals surface area contributed by atoms with Crippen LogP contribution in [0.2, 0.25) is 0 Å². The lowest BCUT2D eigenvalue weighted by molar-refractivity contribution is 0.432. The molecule has 2 unspecified atom stereocenters. The highest BCUT2D eigenvalue weighted by molar-refractivity contribution is 7.89. The second-order valence-electron chi connectivity index (χ2n) is 5.04. The van der Waals surface area contributed by atoms with Gasteiger partial charge in [-0.15, -0.1) is 0 Å². The van der Waals surface area contributed by atoms with E-state index >= 15 is 0 Å². The van der Waals surface area contributed by atoms with Crippen molar-refractivity contribution in [1.82, 2.24) is 4.31 Å². The number of aryl methyl sites for hydroxylation is 1. The molecule has 92 valence electrons. The number of piperidine rings is 1. The maximum absolute atomic E-state index is 12.3. The van der Waals surface area contributed by atoms with Gasteiger partial charge in [-0.25, -0.2) is 8.42 Å². The van der Waals surface area contributed by atoms with Gasteiger partial charge in [0, 0.05) is 19.1 Å². The van der Waals surface area contributed by atoms with E-state index in [0.29, 0.717) is 29.8 Å². The number of sulfonamides is 1. The van der Waals surface area contributed by atoms with Crippen molar-refractivity contribution in [2.75, 3.05) is 13.1 Å². The van der Waals surface area contributed by atoms with Crippen LogP contribution < -0.4 is 5.73 Å². The fourth-order valence-corrected chi connectivity index (χ4v) is 4.10. The molecule has 0 bridgehead atoms. The summed E-state index contributed by atoms with van der Waals surface area (Å²) in [4.78, 5) is 0.387. The van der Waals surface area contributed by atoms with E-state index in [4.69, 9.17) is 5.73 Å². The molecule has 2 aliphatic rings. The van der Waals surface area contributed by atoms with Gasteiger partial charge in [-0.05, 0) is 30.9 Å². The van der Waals surface area contributed by atoms with Crippen LogP contribution in [-0.2, 0) is 10.0 Å². The molecule has 1 aliphatic heterocycles. The Hall–Kier alpha value is -0.910. The molecule has 5 heteroatoms. The van der Waals surface area contributed by atoms with E-state index < -0.39 is 10.0 Å². The van der Waals surface area contributed by atoms with Gasteiger partial charge in [-0.1, -0.05) is 17.7 Å². The van der Waals surface area contributed by atoms with Crippen LogP contribution in [0.4, 0.5) is 0 Å². The third kappa shape index (κ3) is 1.69. The lowest BCUT2D eigenvalue weighted by Gasteiger charge is -2.18. The van der Waals surface area contributed by atoms with E-state index in [2.05, 4.69) is 0 Å². The van der Waals surface area contributed by atoms with Gasteiger partial charge in [-0.3, -0.25) is 0 Å². The summed E-state index contributed by atoms with van der Waals surface area (Å²) in [5, 5.41) is 0. The lowest BCUT2D eigenvalue weighted by Crippen LogP contribution is -2.33. The monoisotopic (exact) mass is 252 g/mol. The minimum atomic E-state index is -3.30. The summed E-state index contributed by atoms with van der Waals surface area (Å²) in [7, 11) is -3.30. The SMILES string of the molecule is Cc1ccc(S(=O)(=O)N2CC3C(N)C3C2)cc1. The summed E-state index contributed by atoms with van der Waals surface area (Å²) in [6.07, 6.45) is 0. The molecule has 2 N–H and O–H groups in total. The Morgan fingerprint density at radius 3 is 2.24 bits per heavy atom. The number of hydrogen-bond acceptors (Lipinski definition) is 3. The highest BCUT2D eigenvalue weighted by Crippen LogP contribution is 2.45. The number of benzene rings is 1. The second-order valence-corrected chi connectivity index (χ2v) is 6.98. The zero-order valence-electron chi connectivity index (χ0n) is 9.70. The number of hydrogen-bond donors (Lipinski definition) is 1. The molecule has 1 aromatic carbocycles. The molecular weight excluding hydrogens is 236 g/mol. The first-order valence-corrected chi connectivity index (χ1v) is 7.26. The number of nitrogens with two attached hydrogens (primary N) is 1. The summed E-state index contributed by atoms with van der Waals surface area (Å²) in [6.45, 7) is 3.12. The Balaban J connectivity index is 1.85. The standard InChI is InChI=1S/C12H16N2O2S/c1-8-2-4-9(5-3-8)17(15,16)14-6-10-11(7-14)12(10)13/h2-5,10-12H,6-7,13H2,1H3. The molecule has 3 rings (SSSR count). The summed E-state index contributed by atoms with van der Waals surface area (Å²) in [5.74, 6) is 0.769. The van der Waals surface area contributed by atoms with Crippen LogP contribution in [0.25, 0.3) is 0 Å². The van der Waals surface area contributed by atoms with Crippen LogP contribution in [-0.4, -0.2) is 31.9 Å². The molecule has 17 heavy (non-hydrogen) atoms. The van der Waals surface area contributed by atoms with Crippen LogP contribution in [0.3, 0.4) is 0 Å². The summed E-state index contributed by atoms with van der Waals surface area (Å²) >= 11 is 0. The van der Waals surface area contributed by atoms with Gasteiger partial charge in [0.05, 0.1) is 4.90 Å². The fourth-order valence-electron chi connectivity index (χ4n) is 2.59. The van der Waals surface area contributed by atoms with Crippen molar-refractivity contribution in [2.45, 2.75) is 17.9 Å². The molecule has 0 radical (unpaired) electrons. The first-order chi connectivity index (χ1) is 8.00. The molecule has 1 aliphatic carbocycles. The number of fused-ring (bicyclic) bond motifs is 1. The molecule has 1 saturated carbocycles. The van der Waals surface area contributed by atoms with Crippen LogP contribution in [0.5, 0.6) is 0 Å². The van der Waals surface area contributed by atoms with Crippen molar-refractivity contribution in [3.05, 3.63) is 29.8 Å². The quantitative estimate of drug-likeness (QED) is 0.837. The molecule has 0 spiro atoms. The van der Waals surface area contributed by atoms with Gasteiger partial charge < -0.3 is 5.73 Å². The van der Waals surface area contributed by atoms with Crippen molar-refractivity contribution in [3.8, 4) is 0 Å². The van der Waals surface area contributed by atoms with Crippen molar-refractivity contribution >= 4 is 10.0 Å². The molecular formula is C12H16N2O2S. The summed E-state index contributed by atoms with van der Waals surface area (Å²) in [5.41, 5.74) is 6.88. The van der Waals surface area contributed by atoms with E-state index in [1.54, 1.807) is 16.4 Å². The maximum Gasteiger partial charge on any atom is 0.243 e. The van der Waals surface area contributed by atoms with Crippen molar-refractivity contribution in [2.24, 2.45) is 17.6 Å². The Kier molecular flexibility index (Phi) is 2.33. The second kappa shape index (κ2) is 3.54. The van der Waals surface area contributed by atoms with E-state index in [9.17, 15) is 8.42 Å². The van der Waals surface area contributed by atoms with Crippen molar-refractivity contribution in [1.29, 1.82) is 0 Å². The molecule has 4 nitrogen and oxygen atoms in total. The molecule has 2 fully saturated rings. The van der Waals surface area contributed by atoms with Crippen LogP contribution in [0.1, 0.15) is 5.56 Å². The Bertz CT molecular complexity index is 526. The van der Waals surface area contributed by atoms with Crippen LogP contribution >= 0.6 is 0 Å². The average molecular weight is 252 g/mol. The van der Waals surface area contributed by atoms with Gasteiger partial charge in [0.15, 0.2) is 0 Å². The van der Waals surface area contributed by atoms with Gasteiger partial charge in [0.1, 0.15) is 0 Å². The predicted octanol–water partition coefficient (Wildman–Crippen LogP) is 0.573. The van der Waals surface area contributed by atoms with Gasteiger partial charge >= 0.3 is 0 Å². The van der Waals surface area contributed by atoms with Crippen molar-refractivity contribution < 1.29 is 8.42 Å². The molecule has 2 atom stereocenters. The third-order valence-electron chi connectivity index (χ3n) is 3.89. The van der Waals surface area contributed by atoms with Crippen LogP contribution in [0, 0.1) is 18.8 Å². The maximum atomic E-state index is 12.3. The zero-order chi connectivity index (χ0) is 12.2.